The molecule has 1 aromatic carbocycles. The highest BCUT2D eigenvalue weighted by atomic mass is 32.1. The van der Waals surface area contributed by atoms with Crippen molar-refractivity contribution in [3.8, 4) is 5.75 Å². The number of hydrogen-bond donors (Lipinski definition) is 0. The van der Waals surface area contributed by atoms with Crippen molar-refractivity contribution >= 4 is 34.5 Å². The molecule has 0 radical (unpaired) electrons. The number of rotatable bonds is 10. The van der Waals surface area contributed by atoms with Crippen molar-refractivity contribution in [2.45, 2.75) is 52.5 Å². The first kappa shape index (κ1) is 26.4. The van der Waals surface area contributed by atoms with Crippen LogP contribution in [0.2, 0.25) is 0 Å². The topological polar surface area (TPSA) is 49.9 Å². The molecule has 1 aliphatic rings. The van der Waals surface area contributed by atoms with E-state index in [1.807, 2.05) is 34.5 Å². The van der Waals surface area contributed by atoms with Gasteiger partial charge in [-0.1, -0.05) is 45.9 Å². The van der Waals surface area contributed by atoms with Crippen LogP contribution in [-0.4, -0.2) is 47.9 Å². The maximum absolute atomic E-state index is 13.7. The number of thiophene rings is 2. The molecule has 1 atom stereocenters. The lowest BCUT2D eigenvalue weighted by atomic mass is 10.00. The van der Waals surface area contributed by atoms with E-state index < -0.39 is 0 Å². The predicted molar refractivity (Wildman–Crippen MR) is 148 cm³/mol. The van der Waals surface area contributed by atoms with Crippen LogP contribution in [-0.2, 0) is 11.2 Å². The summed E-state index contributed by atoms with van der Waals surface area (Å²) in [5.41, 5.74) is 2.44. The highest BCUT2D eigenvalue weighted by Crippen LogP contribution is 2.34. The molecule has 5 nitrogen and oxygen atoms in total. The number of hydrogen-bond acceptors (Lipinski definition) is 5. The van der Waals surface area contributed by atoms with Crippen LogP contribution in [0.4, 0.5) is 0 Å². The summed E-state index contributed by atoms with van der Waals surface area (Å²) in [6, 6.07) is 13.9. The normalized spacial score (nSPS) is 15.3. The van der Waals surface area contributed by atoms with Gasteiger partial charge < -0.3 is 14.5 Å². The molecule has 3 heterocycles. The smallest absolute Gasteiger partial charge is 0.264 e. The van der Waals surface area contributed by atoms with Crippen molar-refractivity contribution < 1.29 is 14.3 Å². The summed E-state index contributed by atoms with van der Waals surface area (Å²) in [7, 11) is 0. The molecule has 0 saturated heterocycles. The summed E-state index contributed by atoms with van der Waals surface area (Å²) in [5.74, 6) is 1.63. The standard InChI is InChI=1S/C29H36N2O3S2/c1-20(2)11-14-30(29(33)27-6-5-16-35-27)18-28(32)31-15-12-26-24(13-17-36-26)25(31)19-34-23-9-7-22(8-10-23)21(3)4/h5-10,13,16-17,20-21,25H,11-12,14-15,18-19H2,1-4H3/t25-/m0/s1. The molecule has 4 rings (SSSR count). The lowest BCUT2D eigenvalue weighted by Gasteiger charge is -2.37. The van der Waals surface area contributed by atoms with Gasteiger partial charge in [-0.05, 0) is 70.8 Å². The number of amides is 2. The summed E-state index contributed by atoms with van der Waals surface area (Å²) in [6.45, 7) is 10.3. The fourth-order valence-corrected chi connectivity index (χ4v) is 6.09. The van der Waals surface area contributed by atoms with E-state index >= 15 is 0 Å². The quantitative estimate of drug-likeness (QED) is 0.299. The van der Waals surface area contributed by atoms with Crippen molar-refractivity contribution in [2.75, 3.05) is 26.2 Å². The molecule has 2 amide bonds. The molecular formula is C29H36N2O3S2. The average Bonchev–Trinajstić information content (AvgIpc) is 3.57. The fraction of sp³-hybridized carbons (Fsp3) is 0.448. The van der Waals surface area contributed by atoms with Crippen LogP contribution >= 0.6 is 22.7 Å². The highest BCUT2D eigenvalue weighted by Gasteiger charge is 2.33. The Kier molecular flexibility index (Phi) is 8.86. The molecule has 3 aromatic rings. The van der Waals surface area contributed by atoms with Crippen LogP contribution in [0, 0.1) is 5.92 Å². The number of carbonyl (C=O) groups is 2. The van der Waals surface area contributed by atoms with Gasteiger partial charge in [0.15, 0.2) is 0 Å². The Morgan fingerprint density at radius 3 is 2.50 bits per heavy atom. The number of ether oxygens (including phenoxy) is 1. The Hall–Kier alpha value is -2.64. The molecule has 1 aliphatic heterocycles. The van der Waals surface area contributed by atoms with E-state index in [9.17, 15) is 9.59 Å². The Bertz CT molecular complexity index is 1140. The zero-order chi connectivity index (χ0) is 25.7. The fourth-order valence-electron chi connectivity index (χ4n) is 4.48. The average molecular weight is 525 g/mol. The molecule has 0 fully saturated rings. The monoisotopic (exact) mass is 524 g/mol. The van der Waals surface area contributed by atoms with Crippen LogP contribution in [0.25, 0.3) is 0 Å². The SMILES string of the molecule is CC(C)CCN(CC(=O)N1CCc2sccc2[C@@H]1COc1ccc(C(C)C)cc1)C(=O)c1cccs1. The van der Waals surface area contributed by atoms with E-state index in [0.717, 1.165) is 24.2 Å². The predicted octanol–water partition coefficient (Wildman–Crippen LogP) is 6.63. The van der Waals surface area contributed by atoms with Crippen LogP contribution in [0.1, 0.15) is 71.8 Å². The lowest BCUT2D eigenvalue weighted by Crippen LogP contribution is -2.48. The molecule has 192 valence electrons. The van der Waals surface area contributed by atoms with Gasteiger partial charge in [0, 0.05) is 18.0 Å². The molecule has 0 N–H and O–H groups in total. The maximum Gasteiger partial charge on any atom is 0.264 e. The first-order chi connectivity index (χ1) is 17.3. The van der Waals surface area contributed by atoms with Gasteiger partial charge in [-0.15, -0.1) is 22.7 Å². The molecule has 0 bridgehead atoms. The van der Waals surface area contributed by atoms with Crippen LogP contribution in [0.3, 0.4) is 0 Å². The third-order valence-electron chi connectivity index (χ3n) is 6.69. The Morgan fingerprint density at radius 2 is 1.83 bits per heavy atom. The van der Waals surface area contributed by atoms with Crippen molar-refractivity contribution in [2.24, 2.45) is 5.92 Å². The Morgan fingerprint density at radius 1 is 1.06 bits per heavy atom. The summed E-state index contributed by atoms with van der Waals surface area (Å²) in [6.07, 6.45) is 1.70. The van der Waals surface area contributed by atoms with Gasteiger partial charge in [0.2, 0.25) is 5.91 Å². The minimum atomic E-state index is -0.166. The van der Waals surface area contributed by atoms with E-state index in [0.29, 0.717) is 36.4 Å². The second-order valence-electron chi connectivity index (χ2n) is 10.1. The molecular weight excluding hydrogens is 488 g/mol. The number of carbonyl (C=O) groups excluding carboxylic acids is 2. The van der Waals surface area contributed by atoms with Crippen LogP contribution in [0.15, 0.2) is 53.2 Å². The van der Waals surface area contributed by atoms with E-state index in [-0.39, 0.29) is 24.4 Å². The largest absolute Gasteiger partial charge is 0.491 e. The second kappa shape index (κ2) is 12.1. The van der Waals surface area contributed by atoms with Gasteiger partial charge >= 0.3 is 0 Å². The molecule has 0 spiro atoms. The van der Waals surface area contributed by atoms with Crippen LogP contribution in [0.5, 0.6) is 5.75 Å². The summed E-state index contributed by atoms with van der Waals surface area (Å²) in [4.78, 5) is 32.5. The molecule has 0 aliphatic carbocycles. The van der Waals surface area contributed by atoms with Gasteiger partial charge in [-0.25, -0.2) is 0 Å². The van der Waals surface area contributed by atoms with E-state index in [1.165, 1.54) is 21.8 Å². The first-order valence-electron chi connectivity index (χ1n) is 12.7. The summed E-state index contributed by atoms with van der Waals surface area (Å²) in [5, 5.41) is 4.00. The molecule has 2 aromatic heterocycles. The van der Waals surface area contributed by atoms with Crippen LogP contribution < -0.4 is 4.74 Å². The maximum atomic E-state index is 13.7. The summed E-state index contributed by atoms with van der Waals surface area (Å²) >= 11 is 3.16. The zero-order valence-electron chi connectivity index (χ0n) is 21.6. The Balaban J connectivity index is 1.50. The van der Waals surface area contributed by atoms with Crippen molar-refractivity contribution in [1.29, 1.82) is 0 Å². The third-order valence-corrected chi connectivity index (χ3v) is 8.55. The van der Waals surface area contributed by atoms with Crippen molar-refractivity contribution in [1.82, 2.24) is 9.80 Å². The van der Waals surface area contributed by atoms with Gasteiger partial charge in [-0.2, -0.15) is 0 Å². The first-order valence-corrected chi connectivity index (χ1v) is 14.5. The summed E-state index contributed by atoms with van der Waals surface area (Å²) < 4.78 is 6.21. The van der Waals surface area contributed by atoms with Gasteiger partial charge in [-0.3, -0.25) is 9.59 Å². The highest BCUT2D eigenvalue weighted by molar-refractivity contribution is 7.12. The number of benzene rings is 1. The van der Waals surface area contributed by atoms with Gasteiger partial charge in [0.1, 0.15) is 18.9 Å². The van der Waals surface area contributed by atoms with Gasteiger partial charge in [0.05, 0.1) is 10.9 Å². The minimum Gasteiger partial charge on any atom is -0.491 e. The van der Waals surface area contributed by atoms with E-state index in [4.69, 9.17) is 4.74 Å². The molecule has 0 unspecified atom stereocenters. The van der Waals surface area contributed by atoms with Gasteiger partial charge in [0.25, 0.3) is 5.91 Å². The lowest BCUT2D eigenvalue weighted by molar-refractivity contribution is -0.135. The van der Waals surface area contributed by atoms with E-state index in [2.05, 4.69) is 51.3 Å². The van der Waals surface area contributed by atoms with Crippen molar-refractivity contribution in [3.05, 3.63) is 74.1 Å². The molecule has 36 heavy (non-hydrogen) atoms. The number of fused-ring (bicyclic) bond motifs is 1. The zero-order valence-corrected chi connectivity index (χ0v) is 23.2. The van der Waals surface area contributed by atoms with Crippen molar-refractivity contribution in [3.63, 3.8) is 0 Å². The molecule has 7 heteroatoms. The Labute approximate surface area is 222 Å². The molecule has 0 saturated carbocycles. The third kappa shape index (κ3) is 6.37. The minimum absolute atomic E-state index is 0.0238. The number of nitrogens with zero attached hydrogens (tertiary/aromatic N) is 2. The second-order valence-corrected chi connectivity index (χ2v) is 12.0. The van der Waals surface area contributed by atoms with E-state index in [1.54, 1.807) is 16.2 Å².